The molecule has 2 aromatic rings. The van der Waals surface area contributed by atoms with E-state index in [1.165, 1.54) is 0 Å². The highest BCUT2D eigenvalue weighted by Crippen LogP contribution is 2.09. The Balaban J connectivity index is 1.43. The maximum Gasteiger partial charge on any atom is 0.308 e. The zero-order chi connectivity index (χ0) is 21.3. The number of piperazine rings is 1. The standard InChI is InChI=1S/C22H22N2O6/c25-19(29-13-15-7-3-1-4-8-15)11-17-21(27)24-18(22(28)23-17)12-20(26)30-14-16-9-5-2-6-10-16/h1-10,17-18H,11-14H2,(H,23,28)(H,24,27)/t17-,18-/m0/s1. The first-order valence-electron chi connectivity index (χ1n) is 9.51. The van der Waals surface area contributed by atoms with Crippen LogP contribution in [0.4, 0.5) is 0 Å². The highest BCUT2D eigenvalue weighted by molar-refractivity contribution is 6.00. The van der Waals surface area contributed by atoms with Crippen molar-refractivity contribution in [1.82, 2.24) is 10.6 Å². The molecular formula is C22H22N2O6. The zero-order valence-electron chi connectivity index (χ0n) is 16.2. The summed E-state index contributed by atoms with van der Waals surface area (Å²) < 4.78 is 10.3. The summed E-state index contributed by atoms with van der Waals surface area (Å²) in [6, 6.07) is 16.1. The molecule has 0 aliphatic carbocycles. The van der Waals surface area contributed by atoms with Gasteiger partial charge in [0.1, 0.15) is 25.3 Å². The Morgan fingerprint density at radius 3 is 1.40 bits per heavy atom. The molecule has 8 nitrogen and oxygen atoms in total. The van der Waals surface area contributed by atoms with Crippen LogP contribution in [0.2, 0.25) is 0 Å². The molecule has 0 radical (unpaired) electrons. The summed E-state index contributed by atoms with van der Waals surface area (Å²) in [6.07, 6.45) is -0.592. The minimum atomic E-state index is -1.04. The Labute approximate surface area is 173 Å². The number of carbonyl (C=O) groups excluding carboxylic acids is 4. The van der Waals surface area contributed by atoms with E-state index >= 15 is 0 Å². The molecule has 1 fully saturated rings. The molecule has 2 atom stereocenters. The van der Waals surface area contributed by atoms with Gasteiger partial charge in [0.05, 0.1) is 12.8 Å². The number of benzene rings is 2. The monoisotopic (exact) mass is 410 g/mol. The van der Waals surface area contributed by atoms with Crippen LogP contribution in [0, 0.1) is 0 Å². The van der Waals surface area contributed by atoms with Crippen LogP contribution in [0.3, 0.4) is 0 Å². The van der Waals surface area contributed by atoms with Crippen LogP contribution >= 0.6 is 0 Å². The van der Waals surface area contributed by atoms with Gasteiger partial charge < -0.3 is 20.1 Å². The van der Waals surface area contributed by atoms with E-state index in [1.54, 1.807) is 0 Å². The lowest BCUT2D eigenvalue weighted by Crippen LogP contribution is -2.62. The second kappa shape index (κ2) is 10.2. The van der Waals surface area contributed by atoms with Gasteiger partial charge in [0.15, 0.2) is 0 Å². The molecule has 2 amide bonds. The molecule has 0 spiro atoms. The van der Waals surface area contributed by atoms with Gasteiger partial charge in [-0.15, -0.1) is 0 Å². The van der Waals surface area contributed by atoms with E-state index in [0.717, 1.165) is 11.1 Å². The fourth-order valence-corrected chi connectivity index (χ4v) is 2.89. The van der Waals surface area contributed by atoms with E-state index in [2.05, 4.69) is 10.6 Å². The predicted molar refractivity (Wildman–Crippen MR) is 106 cm³/mol. The smallest absolute Gasteiger partial charge is 0.308 e. The van der Waals surface area contributed by atoms with Gasteiger partial charge in [-0.1, -0.05) is 60.7 Å². The Morgan fingerprint density at radius 2 is 1.03 bits per heavy atom. The largest absolute Gasteiger partial charge is 0.461 e. The minimum absolute atomic E-state index is 0.0812. The molecule has 30 heavy (non-hydrogen) atoms. The van der Waals surface area contributed by atoms with Crippen molar-refractivity contribution < 1.29 is 28.7 Å². The Hall–Kier alpha value is -3.68. The maximum absolute atomic E-state index is 12.2. The molecule has 3 rings (SSSR count). The molecule has 1 aliphatic rings. The number of nitrogens with one attached hydrogen (secondary N) is 2. The molecule has 0 saturated carbocycles. The van der Waals surface area contributed by atoms with Crippen molar-refractivity contribution in [3.8, 4) is 0 Å². The van der Waals surface area contributed by atoms with Crippen LogP contribution < -0.4 is 10.6 Å². The van der Waals surface area contributed by atoms with Gasteiger partial charge in [0.2, 0.25) is 11.8 Å². The van der Waals surface area contributed by atoms with Gasteiger partial charge in [-0.2, -0.15) is 0 Å². The van der Waals surface area contributed by atoms with Gasteiger partial charge in [-0.25, -0.2) is 0 Å². The average Bonchev–Trinajstić information content (AvgIpc) is 2.76. The number of carbonyl (C=O) groups is 4. The molecule has 0 unspecified atom stereocenters. The fraction of sp³-hybridized carbons (Fsp3) is 0.273. The summed E-state index contributed by atoms with van der Waals surface area (Å²) in [5, 5.41) is 4.93. The van der Waals surface area contributed by atoms with Crippen LogP contribution in [-0.2, 0) is 41.9 Å². The fourth-order valence-electron chi connectivity index (χ4n) is 2.89. The normalized spacial score (nSPS) is 18.1. The van der Waals surface area contributed by atoms with Gasteiger partial charge in [0.25, 0.3) is 0 Å². The average molecular weight is 410 g/mol. The summed E-state index contributed by atoms with van der Waals surface area (Å²) in [5.41, 5.74) is 1.63. The first-order valence-corrected chi connectivity index (χ1v) is 9.51. The highest BCUT2D eigenvalue weighted by Gasteiger charge is 2.36. The summed E-state index contributed by atoms with van der Waals surface area (Å²) in [5.74, 6) is -2.32. The number of esters is 2. The first kappa shape index (κ1) is 21.0. The second-order valence-electron chi connectivity index (χ2n) is 6.82. The van der Waals surface area contributed by atoms with E-state index in [0.29, 0.717) is 0 Å². The van der Waals surface area contributed by atoms with Gasteiger partial charge in [-0.3, -0.25) is 19.2 Å². The topological polar surface area (TPSA) is 111 Å². The number of hydrogen-bond donors (Lipinski definition) is 2. The van der Waals surface area contributed by atoms with Gasteiger partial charge in [0, 0.05) is 0 Å². The highest BCUT2D eigenvalue weighted by atomic mass is 16.5. The van der Waals surface area contributed by atoms with Crippen molar-refractivity contribution in [1.29, 1.82) is 0 Å². The summed E-state index contributed by atoms with van der Waals surface area (Å²) in [6.45, 7) is 0.162. The second-order valence-corrected chi connectivity index (χ2v) is 6.82. The number of amides is 2. The lowest BCUT2D eigenvalue weighted by molar-refractivity contribution is -0.151. The van der Waals surface area contributed by atoms with E-state index in [4.69, 9.17) is 9.47 Å². The molecule has 2 aromatic carbocycles. The summed E-state index contributed by atoms with van der Waals surface area (Å²) in [7, 11) is 0. The van der Waals surface area contributed by atoms with Crippen molar-refractivity contribution in [2.45, 2.75) is 38.1 Å². The van der Waals surface area contributed by atoms with Crippen molar-refractivity contribution >= 4 is 23.8 Å². The summed E-state index contributed by atoms with van der Waals surface area (Å²) >= 11 is 0. The van der Waals surface area contributed by atoms with Crippen LogP contribution in [0.5, 0.6) is 0 Å². The molecule has 8 heteroatoms. The molecule has 1 aliphatic heterocycles. The first-order chi connectivity index (χ1) is 14.5. The van der Waals surface area contributed by atoms with Crippen molar-refractivity contribution in [3.05, 3.63) is 71.8 Å². The third kappa shape index (κ3) is 6.16. The van der Waals surface area contributed by atoms with Crippen LogP contribution in [0.15, 0.2) is 60.7 Å². The number of rotatable bonds is 8. The third-order valence-corrected chi connectivity index (χ3v) is 4.49. The molecule has 1 saturated heterocycles. The van der Waals surface area contributed by atoms with Crippen LogP contribution in [0.25, 0.3) is 0 Å². The van der Waals surface area contributed by atoms with E-state index in [9.17, 15) is 19.2 Å². The third-order valence-electron chi connectivity index (χ3n) is 4.49. The van der Waals surface area contributed by atoms with E-state index in [1.807, 2.05) is 60.7 Å². The molecule has 0 aromatic heterocycles. The van der Waals surface area contributed by atoms with Crippen molar-refractivity contribution in [2.75, 3.05) is 0 Å². The molecule has 0 bridgehead atoms. The Kier molecular flexibility index (Phi) is 7.15. The predicted octanol–water partition coefficient (Wildman–Crippen LogP) is 1.24. The van der Waals surface area contributed by atoms with Crippen LogP contribution in [-0.4, -0.2) is 35.8 Å². The number of hydrogen-bond acceptors (Lipinski definition) is 6. The molecule has 156 valence electrons. The molecule has 2 N–H and O–H groups in total. The van der Waals surface area contributed by atoms with Crippen molar-refractivity contribution in [3.63, 3.8) is 0 Å². The quantitative estimate of drug-likeness (QED) is 0.634. The van der Waals surface area contributed by atoms with Crippen LogP contribution in [0.1, 0.15) is 24.0 Å². The van der Waals surface area contributed by atoms with Gasteiger partial charge >= 0.3 is 11.9 Å². The summed E-state index contributed by atoms with van der Waals surface area (Å²) in [4.78, 5) is 48.4. The molecular weight excluding hydrogens is 388 g/mol. The lowest BCUT2D eigenvalue weighted by atomic mass is 10.1. The maximum atomic E-state index is 12.2. The van der Waals surface area contributed by atoms with Crippen molar-refractivity contribution in [2.24, 2.45) is 0 Å². The SMILES string of the molecule is O=C(C[C@@H]1NC(=O)[C@H](CC(=O)OCc2ccccc2)NC1=O)OCc1ccccc1. The number of ether oxygens (including phenoxy) is 2. The zero-order valence-corrected chi connectivity index (χ0v) is 16.2. The van der Waals surface area contributed by atoms with Gasteiger partial charge in [-0.05, 0) is 11.1 Å². The van der Waals surface area contributed by atoms with E-state index in [-0.39, 0.29) is 26.1 Å². The minimum Gasteiger partial charge on any atom is -0.461 e. The van der Waals surface area contributed by atoms with E-state index < -0.39 is 35.8 Å². The molecule has 1 heterocycles. The Bertz CT molecular complexity index is 825. The lowest BCUT2D eigenvalue weighted by Gasteiger charge is -2.28. The Morgan fingerprint density at radius 1 is 0.667 bits per heavy atom.